The van der Waals surface area contributed by atoms with Crippen molar-refractivity contribution in [3.63, 3.8) is 0 Å². The van der Waals surface area contributed by atoms with Crippen molar-refractivity contribution in [3.8, 4) is 0 Å². The first-order chi connectivity index (χ1) is 8.11. The van der Waals surface area contributed by atoms with E-state index in [4.69, 9.17) is 5.11 Å². The summed E-state index contributed by atoms with van der Waals surface area (Å²) in [5.74, 6) is -1.03. The molecule has 0 saturated heterocycles. The number of rotatable bonds is 5. The van der Waals surface area contributed by atoms with Gasteiger partial charge in [-0.25, -0.2) is 9.59 Å². The second-order valence-electron chi connectivity index (χ2n) is 5.62. The Labute approximate surface area is 109 Å². The summed E-state index contributed by atoms with van der Waals surface area (Å²) in [6, 6.07) is -1.32. The lowest BCUT2D eigenvalue weighted by atomic mass is 9.87. The Kier molecular flexibility index (Phi) is 5.88. The van der Waals surface area contributed by atoms with Gasteiger partial charge >= 0.3 is 12.0 Å². The number of nitrogens with zero attached hydrogens (tertiary/aromatic N) is 1. The van der Waals surface area contributed by atoms with E-state index in [2.05, 4.69) is 11.9 Å². The Bertz CT molecular complexity index is 319. The Morgan fingerprint density at radius 3 is 2.17 bits per heavy atom. The summed E-state index contributed by atoms with van der Waals surface area (Å²) < 4.78 is 0. The molecule has 0 spiro atoms. The van der Waals surface area contributed by atoms with Crippen LogP contribution in [0.25, 0.3) is 0 Å². The molecule has 2 amide bonds. The normalized spacial score (nSPS) is 13.0. The summed E-state index contributed by atoms with van der Waals surface area (Å²) in [6.07, 6.45) is 1.62. The molecule has 2 N–H and O–H groups in total. The van der Waals surface area contributed by atoms with Gasteiger partial charge in [-0.15, -0.1) is 6.58 Å². The predicted octanol–water partition coefficient (Wildman–Crippen LogP) is 2.09. The van der Waals surface area contributed by atoms with Gasteiger partial charge in [0.25, 0.3) is 0 Å². The molecule has 1 atom stereocenters. The van der Waals surface area contributed by atoms with Crippen LogP contribution in [0.15, 0.2) is 12.7 Å². The molecule has 0 bridgehead atoms. The van der Waals surface area contributed by atoms with Gasteiger partial charge in [-0.2, -0.15) is 0 Å². The van der Waals surface area contributed by atoms with Crippen LogP contribution in [-0.2, 0) is 4.79 Å². The van der Waals surface area contributed by atoms with Crippen LogP contribution in [0.2, 0.25) is 0 Å². The van der Waals surface area contributed by atoms with Crippen molar-refractivity contribution in [1.82, 2.24) is 10.2 Å². The van der Waals surface area contributed by atoms with E-state index in [0.717, 1.165) is 0 Å². The van der Waals surface area contributed by atoms with Crippen molar-refractivity contribution in [2.75, 3.05) is 6.54 Å². The number of carboxylic acids is 1. The lowest BCUT2D eigenvalue weighted by Gasteiger charge is -2.32. The number of carbonyl (C=O) groups excluding carboxylic acids is 1. The maximum atomic E-state index is 12.0. The standard InChI is InChI=1S/C13H24N2O3/c1-7-8-15(9(2)3)12(18)14-10(11(16)17)13(4,5)6/h7,9-10H,1,8H2,2-6H3,(H,14,18)(H,16,17). The Morgan fingerprint density at radius 1 is 1.39 bits per heavy atom. The van der Waals surface area contributed by atoms with Crippen LogP contribution in [-0.4, -0.2) is 40.6 Å². The largest absolute Gasteiger partial charge is 0.480 e. The van der Waals surface area contributed by atoms with Crippen molar-refractivity contribution in [1.29, 1.82) is 0 Å². The first-order valence-corrected chi connectivity index (χ1v) is 6.02. The van der Waals surface area contributed by atoms with E-state index in [1.165, 1.54) is 4.90 Å². The number of carboxylic acid groups (broad SMARTS) is 1. The maximum absolute atomic E-state index is 12.0. The predicted molar refractivity (Wildman–Crippen MR) is 71.4 cm³/mol. The van der Waals surface area contributed by atoms with Gasteiger partial charge in [-0.05, 0) is 19.3 Å². The second-order valence-corrected chi connectivity index (χ2v) is 5.62. The fourth-order valence-corrected chi connectivity index (χ4v) is 1.52. The SMILES string of the molecule is C=CCN(C(=O)NC(C(=O)O)C(C)(C)C)C(C)C. The van der Waals surface area contributed by atoms with Crippen molar-refractivity contribution >= 4 is 12.0 Å². The average molecular weight is 256 g/mol. The van der Waals surface area contributed by atoms with Crippen LogP contribution in [0.1, 0.15) is 34.6 Å². The average Bonchev–Trinajstić information content (AvgIpc) is 2.19. The molecule has 18 heavy (non-hydrogen) atoms. The molecule has 0 fully saturated rings. The molecule has 104 valence electrons. The van der Waals surface area contributed by atoms with Crippen molar-refractivity contribution < 1.29 is 14.7 Å². The molecular weight excluding hydrogens is 232 g/mol. The molecule has 0 radical (unpaired) electrons. The smallest absolute Gasteiger partial charge is 0.326 e. The van der Waals surface area contributed by atoms with Gasteiger partial charge in [-0.1, -0.05) is 26.8 Å². The number of hydrogen-bond acceptors (Lipinski definition) is 2. The Balaban J connectivity index is 4.88. The first kappa shape index (κ1) is 16.5. The molecule has 0 aromatic heterocycles. The summed E-state index contributed by atoms with van der Waals surface area (Å²) in [5.41, 5.74) is -0.543. The van der Waals surface area contributed by atoms with Gasteiger partial charge < -0.3 is 15.3 Å². The quantitative estimate of drug-likeness (QED) is 0.740. The minimum absolute atomic E-state index is 0.0163. The molecule has 0 saturated carbocycles. The van der Waals surface area contributed by atoms with Crippen LogP contribution in [0.4, 0.5) is 4.79 Å². The Hall–Kier alpha value is -1.52. The fraction of sp³-hybridized carbons (Fsp3) is 0.692. The number of amides is 2. The highest BCUT2D eigenvalue weighted by atomic mass is 16.4. The van der Waals surface area contributed by atoms with E-state index in [1.807, 2.05) is 13.8 Å². The summed E-state index contributed by atoms with van der Waals surface area (Å²) in [4.78, 5) is 24.8. The van der Waals surface area contributed by atoms with E-state index < -0.39 is 17.4 Å². The molecule has 0 aliphatic heterocycles. The third kappa shape index (κ3) is 4.77. The van der Waals surface area contributed by atoms with Gasteiger partial charge in [0.2, 0.25) is 0 Å². The van der Waals surface area contributed by atoms with Gasteiger partial charge in [0.05, 0.1) is 0 Å². The summed E-state index contributed by atoms with van der Waals surface area (Å²) in [7, 11) is 0. The van der Waals surface area contributed by atoms with Crippen LogP contribution in [0, 0.1) is 5.41 Å². The zero-order valence-corrected chi connectivity index (χ0v) is 11.9. The lowest BCUT2D eigenvalue weighted by molar-refractivity contribution is -0.142. The molecule has 0 heterocycles. The van der Waals surface area contributed by atoms with E-state index in [0.29, 0.717) is 6.54 Å². The molecular formula is C13H24N2O3. The zero-order chi connectivity index (χ0) is 14.5. The van der Waals surface area contributed by atoms with Gasteiger partial charge in [-0.3, -0.25) is 0 Å². The van der Waals surface area contributed by atoms with Crippen molar-refractivity contribution in [2.24, 2.45) is 5.41 Å². The second kappa shape index (κ2) is 6.42. The molecule has 5 nitrogen and oxygen atoms in total. The van der Waals surface area contributed by atoms with E-state index in [-0.39, 0.29) is 12.1 Å². The highest BCUT2D eigenvalue weighted by Gasteiger charge is 2.33. The zero-order valence-electron chi connectivity index (χ0n) is 11.9. The van der Waals surface area contributed by atoms with Crippen LogP contribution < -0.4 is 5.32 Å². The van der Waals surface area contributed by atoms with E-state index in [1.54, 1.807) is 26.8 Å². The lowest BCUT2D eigenvalue weighted by Crippen LogP contribution is -2.54. The minimum atomic E-state index is -1.03. The highest BCUT2D eigenvalue weighted by Crippen LogP contribution is 2.19. The minimum Gasteiger partial charge on any atom is -0.480 e. The van der Waals surface area contributed by atoms with Gasteiger partial charge in [0.15, 0.2) is 0 Å². The number of carbonyl (C=O) groups is 2. The number of nitrogens with one attached hydrogen (secondary N) is 1. The molecule has 1 unspecified atom stereocenters. The topological polar surface area (TPSA) is 69.6 Å². The summed E-state index contributed by atoms with van der Waals surface area (Å²) in [5, 5.41) is 11.7. The molecule has 0 aromatic carbocycles. The van der Waals surface area contributed by atoms with Crippen molar-refractivity contribution in [3.05, 3.63) is 12.7 Å². The third-order valence-corrected chi connectivity index (χ3v) is 2.59. The van der Waals surface area contributed by atoms with Gasteiger partial charge in [0.1, 0.15) is 6.04 Å². The number of hydrogen-bond donors (Lipinski definition) is 2. The summed E-state index contributed by atoms with van der Waals surface area (Å²) >= 11 is 0. The fourth-order valence-electron chi connectivity index (χ4n) is 1.52. The number of urea groups is 1. The molecule has 0 rings (SSSR count). The molecule has 0 aromatic rings. The van der Waals surface area contributed by atoms with E-state index >= 15 is 0 Å². The van der Waals surface area contributed by atoms with Crippen LogP contribution >= 0.6 is 0 Å². The molecule has 5 heteroatoms. The summed E-state index contributed by atoms with van der Waals surface area (Å²) in [6.45, 7) is 13.1. The third-order valence-electron chi connectivity index (χ3n) is 2.59. The maximum Gasteiger partial charge on any atom is 0.326 e. The van der Waals surface area contributed by atoms with Crippen LogP contribution in [0.5, 0.6) is 0 Å². The monoisotopic (exact) mass is 256 g/mol. The van der Waals surface area contributed by atoms with Gasteiger partial charge in [0, 0.05) is 12.6 Å². The first-order valence-electron chi connectivity index (χ1n) is 6.02. The van der Waals surface area contributed by atoms with Crippen molar-refractivity contribution in [2.45, 2.75) is 46.7 Å². The highest BCUT2D eigenvalue weighted by molar-refractivity contribution is 5.83. The van der Waals surface area contributed by atoms with Crippen LogP contribution in [0.3, 0.4) is 0 Å². The number of aliphatic carboxylic acids is 1. The molecule has 0 aliphatic carbocycles. The molecule has 0 aliphatic rings. The Morgan fingerprint density at radius 2 is 1.89 bits per heavy atom. The van der Waals surface area contributed by atoms with E-state index in [9.17, 15) is 9.59 Å².